The zero-order valence-electron chi connectivity index (χ0n) is 29.2. The molecule has 46 heavy (non-hydrogen) atoms. The van der Waals surface area contributed by atoms with Gasteiger partial charge in [-0.25, -0.2) is 4.98 Å². The molecule has 0 radical (unpaired) electrons. The van der Waals surface area contributed by atoms with Crippen LogP contribution in [0.3, 0.4) is 0 Å². The first-order chi connectivity index (χ1) is 21.8. The molecule has 246 valence electrons. The van der Waals surface area contributed by atoms with E-state index in [9.17, 15) is 4.79 Å². The van der Waals surface area contributed by atoms with Crippen LogP contribution in [0.25, 0.3) is 16.3 Å². The molecule has 0 aliphatic heterocycles. The first kappa shape index (κ1) is 30.8. The molecule has 7 heteroatoms. The summed E-state index contributed by atoms with van der Waals surface area (Å²) in [4.78, 5) is 25.0. The maximum absolute atomic E-state index is 13.9. The molecule has 3 saturated carbocycles. The zero-order chi connectivity index (χ0) is 32.4. The van der Waals surface area contributed by atoms with E-state index in [0.717, 1.165) is 38.5 Å². The van der Waals surface area contributed by atoms with Crippen LogP contribution in [-0.2, 0) is 21.4 Å². The highest BCUT2D eigenvalue weighted by Crippen LogP contribution is 2.75. The van der Waals surface area contributed by atoms with Gasteiger partial charge >= 0.3 is 5.97 Å². The Morgan fingerprint density at radius 2 is 1.87 bits per heavy atom. The quantitative estimate of drug-likeness (QED) is 0.211. The molecule has 0 N–H and O–H groups in total. The molecule has 5 aliphatic carbocycles. The summed E-state index contributed by atoms with van der Waals surface area (Å²) in [7, 11) is 0. The molecule has 3 fully saturated rings. The van der Waals surface area contributed by atoms with Crippen molar-refractivity contribution in [3.63, 3.8) is 0 Å². The average molecular weight is 641 g/mol. The summed E-state index contributed by atoms with van der Waals surface area (Å²) in [5.74, 6) is 3.20. The van der Waals surface area contributed by atoms with Gasteiger partial charge in [-0.05, 0) is 116 Å². The maximum Gasteiger partial charge on any atom is 0.312 e. The molecule has 3 aromatic heterocycles. The number of ether oxygens (including phenoxy) is 1. The number of fused-ring (bicyclic) bond motifs is 9. The van der Waals surface area contributed by atoms with Gasteiger partial charge in [0.2, 0.25) is 0 Å². The van der Waals surface area contributed by atoms with Crippen LogP contribution in [0.5, 0.6) is 0 Å². The minimum absolute atomic E-state index is 0.0605. The van der Waals surface area contributed by atoms with Crippen molar-refractivity contribution in [2.24, 2.45) is 51.2 Å². The molecule has 0 aromatic carbocycles. The lowest BCUT2D eigenvalue weighted by atomic mass is 9.33. The van der Waals surface area contributed by atoms with Crippen molar-refractivity contribution in [3.05, 3.63) is 46.7 Å². The van der Waals surface area contributed by atoms with E-state index >= 15 is 0 Å². The molecule has 0 saturated heterocycles. The van der Waals surface area contributed by atoms with Crippen molar-refractivity contribution in [2.45, 2.75) is 112 Å². The van der Waals surface area contributed by atoms with Gasteiger partial charge in [0.15, 0.2) is 0 Å². The largest absolute Gasteiger partial charge is 0.466 e. The highest BCUT2D eigenvalue weighted by atomic mass is 32.1. The van der Waals surface area contributed by atoms with Crippen LogP contribution in [0.1, 0.15) is 112 Å². The molecular formula is C39H52N4O2S. The fraction of sp³-hybridized carbons (Fsp3) is 0.692. The molecule has 3 aromatic rings. The molecule has 3 heterocycles. The van der Waals surface area contributed by atoms with Crippen LogP contribution >= 0.6 is 11.3 Å². The van der Waals surface area contributed by atoms with Crippen molar-refractivity contribution in [2.75, 3.05) is 6.61 Å². The van der Waals surface area contributed by atoms with E-state index in [1.807, 2.05) is 11.4 Å². The number of rotatable bonds is 3. The fourth-order valence-corrected chi connectivity index (χ4v) is 13.5. The monoisotopic (exact) mass is 640 g/mol. The highest BCUT2D eigenvalue weighted by molar-refractivity contribution is 7.13. The van der Waals surface area contributed by atoms with E-state index < -0.39 is 0 Å². The van der Waals surface area contributed by atoms with E-state index in [1.54, 1.807) is 23.2 Å². The summed E-state index contributed by atoms with van der Waals surface area (Å²) in [5.41, 5.74) is 5.23. The minimum Gasteiger partial charge on any atom is -0.466 e. The minimum atomic E-state index is -0.367. The molecule has 6 nitrogen and oxygen atoms in total. The van der Waals surface area contributed by atoms with Gasteiger partial charge in [-0.15, -0.1) is 11.3 Å². The SMILES string of the molecule is CCOC(=O)[C@]12CC[C@@H](C)[C@H](C)C1C1=CCC3[C@@]4(C)Cc5c(nc6ncnn6c5-c5cccs5)C(C)(C)C4CC[C@@]3(C)[C@]1(C)CC2. The van der Waals surface area contributed by atoms with Crippen LogP contribution in [0.15, 0.2) is 35.5 Å². The molecule has 0 spiro atoms. The molecule has 9 atom stereocenters. The van der Waals surface area contributed by atoms with Crippen LogP contribution < -0.4 is 0 Å². The van der Waals surface area contributed by atoms with Crippen molar-refractivity contribution in [1.82, 2.24) is 19.6 Å². The Balaban J connectivity index is 1.28. The lowest BCUT2D eigenvalue weighted by Crippen LogP contribution is -2.65. The fourth-order valence-electron chi connectivity index (χ4n) is 12.7. The number of carbonyl (C=O) groups excluding carboxylic acids is 1. The maximum atomic E-state index is 13.9. The standard InChI is InChI=1S/C39H52N4O2S/c1-9-45-33(44)39-17-14-23(2)24(3)30(39)26-12-13-29-36(6)21-25-31(27-11-10-20-46-27)43-34(40-22-41-43)42-32(25)35(4,5)28(36)15-16-38(29,8)37(26,7)18-19-39/h10-12,20,22-24,28-30H,9,13-19,21H2,1-8H3/t23-,24+,28?,29?,30?,36+,37-,38-,39+/m1/s1. The van der Waals surface area contributed by atoms with Gasteiger partial charge in [0, 0.05) is 11.0 Å². The first-order valence-corrected chi connectivity index (χ1v) is 18.9. The third-order valence-electron chi connectivity index (χ3n) is 15.3. The summed E-state index contributed by atoms with van der Waals surface area (Å²) in [6, 6.07) is 4.38. The number of thiophene rings is 1. The van der Waals surface area contributed by atoms with Crippen LogP contribution in [0, 0.1) is 51.2 Å². The Morgan fingerprint density at radius 3 is 2.61 bits per heavy atom. The number of aromatic nitrogens is 4. The summed E-state index contributed by atoms with van der Waals surface area (Å²) in [6.45, 7) is 20.1. The summed E-state index contributed by atoms with van der Waals surface area (Å²) < 4.78 is 7.89. The molecular weight excluding hydrogens is 589 g/mol. The second kappa shape index (κ2) is 9.99. The second-order valence-electron chi connectivity index (χ2n) is 17.2. The number of nitrogens with zero attached hydrogens (tertiary/aromatic N) is 4. The number of allylic oxidation sites excluding steroid dienone is 2. The first-order valence-electron chi connectivity index (χ1n) is 18.0. The Hall–Kier alpha value is -2.54. The highest BCUT2D eigenvalue weighted by Gasteiger charge is 2.69. The van der Waals surface area contributed by atoms with Crippen molar-refractivity contribution in [3.8, 4) is 10.6 Å². The summed E-state index contributed by atoms with van der Waals surface area (Å²) >= 11 is 1.78. The van der Waals surface area contributed by atoms with E-state index in [0.29, 0.717) is 36.1 Å². The normalized spacial score (nSPS) is 41.0. The average Bonchev–Trinajstić information content (AvgIpc) is 3.71. The van der Waals surface area contributed by atoms with Crippen LogP contribution in [-0.4, -0.2) is 32.2 Å². The predicted octanol–water partition coefficient (Wildman–Crippen LogP) is 9.09. The van der Waals surface area contributed by atoms with Crippen molar-refractivity contribution < 1.29 is 9.53 Å². The number of esters is 1. The lowest BCUT2D eigenvalue weighted by molar-refractivity contribution is -0.183. The zero-order valence-corrected chi connectivity index (χ0v) is 30.0. The number of hydrogen-bond donors (Lipinski definition) is 0. The van der Waals surface area contributed by atoms with Crippen molar-refractivity contribution in [1.29, 1.82) is 0 Å². The summed E-state index contributed by atoms with van der Waals surface area (Å²) in [6.07, 6.45) is 13.0. The lowest BCUT2D eigenvalue weighted by Gasteiger charge is -2.71. The smallest absolute Gasteiger partial charge is 0.312 e. The van der Waals surface area contributed by atoms with E-state index in [1.165, 1.54) is 34.7 Å². The Morgan fingerprint density at radius 1 is 1.07 bits per heavy atom. The van der Waals surface area contributed by atoms with Gasteiger partial charge in [0.1, 0.15) is 6.33 Å². The van der Waals surface area contributed by atoms with Gasteiger partial charge in [0.25, 0.3) is 5.78 Å². The molecule has 0 amide bonds. The topological polar surface area (TPSA) is 69.4 Å². The van der Waals surface area contributed by atoms with Gasteiger partial charge < -0.3 is 4.74 Å². The summed E-state index contributed by atoms with van der Waals surface area (Å²) in [5, 5.41) is 6.87. The Kier molecular flexibility index (Phi) is 6.69. The van der Waals surface area contributed by atoms with E-state index in [2.05, 4.69) is 77.0 Å². The van der Waals surface area contributed by atoms with Crippen LogP contribution in [0.4, 0.5) is 0 Å². The Labute approximate surface area is 278 Å². The van der Waals surface area contributed by atoms with Gasteiger partial charge in [-0.3, -0.25) is 4.79 Å². The second-order valence-corrected chi connectivity index (χ2v) is 18.1. The van der Waals surface area contributed by atoms with Gasteiger partial charge in [0.05, 0.1) is 28.3 Å². The molecule has 8 rings (SSSR count). The third kappa shape index (κ3) is 3.70. The van der Waals surface area contributed by atoms with E-state index in [4.69, 9.17) is 14.8 Å². The molecule has 5 aliphatic rings. The van der Waals surface area contributed by atoms with Crippen LogP contribution in [0.2, 0.25) is 0 Å². The van der Waals surface area contributed by atoms with Gasteiger partial charge in [-0.1, -0.05) is 66.2 Å². The van der Waals surface area contributed by atoms with E-state index in [-0.39, 0.29) is 39.0 Å². The number of hydrogen-bond acceptors (Lipinski definition) is 6. The van der Waals surface area contributed by atoms with Gasteiger partial charge in [-0.2, -0.15) is 14.6 Å². The molecule has 0 bridgehead atoms. The Bertz CT molecular complexity index is 1740. The third-order valence-corrected chi connectivity index (χ3v) is 16.1. The van der Waals surface area contributed by atoms with Crippen molar-refractivity contribution >= 4 is 23.1 Å². The molecule has 3 unspecified atom stereocenters. The number of carbonyl (C=O) groups is 1. The predicted molar refractivity (Wildman–Crippen MR) is 183 cm³/mol.